The SMILES string of the molecule is COC(=O)c1csc(CN(C(=O)Nc2ccccc2Br)C2CCCCC2)n1. The summed E-state index contributed by atoms with van der Waals surface area (Å²) < 4.78 is 5.55. The van der Waals surface area contributed by atoms with Crippen LogP contribution < -0.4 is 5.32 Å². The van der Waals surface area contributed by atoms with Crippen LogP contribution in [0.5, 0.6) is 0 Å². The molecule has 6 nitrogen and oxygen atoms in total. The molecule has 1 aliphatic carbocycles. The van der Waals surface area contributed by atoms with Crippen LogP contribution in [0.15, 0.2) is 34.1 Å². The first kappa shape index (κ1) is 19.8. The fraction of sp³-hybridized carbons (Fsp3) is 0.421. The minimum atomic E-state index is -0.459. The molecule has 1 aromatic heterocycles. The number of amides is 2. The van der Waals surface area contributed by atoms with Gasteiger partial charge in [-0.3, -0.25) is 0 Å². The van der Waals surface area contributed by atoms with Crippen molar-refractivity contribution in [2.75, 3.05) is 12.4 Å². The lowest BCUT2D eigenvalue weighted by Crippen LogP contribution is -2.43. The molecule has 0 atom stereocenters. The first-order valence-electron chi connectivity index (χ1n) is 8.93. The Labute approximate surface area is 171 Å². The number of esters is 1. The Morgan fingerprint density at radius 3 is 2.74 bits per heavy atom. The van der Waals surface area contributed by atoms with Crippen molar-refractivity contribution < 1.29 is 14.3 Å². The van der Waals surface area contributed by atoms with E-state index in [2.05, 4.69) is 26.2 Å². The maximum Gasteiger partial charge on any atom is 0.357 e. The Hall–Kier alpha value is -1.93. The van der Waals surface area contributed by atoms with E-state index in [0.29, 0.717) is 6.54 Å². The van der Waals surface area contributed by atoms with Gasteiger partial charge >= 0.3 is 12.0 Å². The predicted molar refractivity (Wildman–Crippen MR) is 109 cm³/mol. The van der Waals surface area contributed by atoms with E-state index in [0.717, 1.165) is 40.9 Å². The van der Waals surface area contributed by atoms with Gasteiger partial charge in [-0.15, -0.1) is 11.3 Å². The monoisotopic (exact) mass is 451 g/mol. The number of thiazole rings is 1. The molecule has 1 aliphatic rings. The van der Waals surface area contributed by atoms with Gasteiger partial charge in [0.1, 0.15) is 5.01 Å². The summed E-state index contributed by atoms with van der Waals surface area (Å²) in [5.41, 5.74) is 1.02. The average Bonchev–Trinajstić information content (AvgIpc) is 3.16. The number of ether oxygens (including phenoxy) is 1. The van der Waals surface area contributed by atoms with Crippen molar-refractivity contribution >= 4 is 45.0 Å². The third-order valence-corrected chi connectivity index (χ3v) is 6.17. The van der Waals surface area contributed by atoms with Crippen LogP contribution in [0.25, 0.3) is 0 Å². The number of halogens is 1. The molecule has 8 heteroatoms. The zero-order valence-corrected chi connectivity index (χ0v) is 17.5. The van der Waals surface area contributed by atoms with Gasteiger partial charge in [0.15, 0.2) is 5.69 Å². The molecule has 0 radical (unpaired) electrons. The predicted octanol–water partition coefficient (Wildman–Crippen LogP) is 5.06. The highest BCUT2D eigenvalue weighted by molar-refractivity contribution is 9.10. The lowest BCUT2D eigenvalue weighted by Gasteiger charge is -2.34. The van der Waals surface area contributed by atoms with E-state index in [9.17, 15) is 9.59 Å². The number of rotatable bonds is 5. The van der Waals surface area contributed by atoms with Crippen molar-refractivity contribution in [2.45, 2.75) is 44.7 Å². The molecule has 0 saturated heterocycles. The van der Waals surface area contributed by atoms with E-state index < -0.39 is 5.97 Å². The van der Waals surface area contributed by atoms with E-state index >= 15 is 0 Å². The van der Waals surface area contributed by atoms with Gasteiger partial charge in [0.05, 0.1) is 19.3 Å². The van der Waals surface area contributed by atoms with Crippen molar-refractivity contribution in [1.29, 1.82) is 0 Å². The van der Waals surface area contributed by atoms with Gasteiger partial charge in [0.25, 0.3) is 0 Å². The lowest BCUT2D eigenvalue weighted by molar-refractivity contribution is 0.0594. The summed E-state index contributed by atoms with van der Waals surface area (Å²) in [6, 6.07) is 7.57. The maximum atomic E-state index is 13.0. The molecule has 2 aromatic rings. The summed E-state index contributed by atoms with van der Waals surface area (Å²) >= 11 is 4.84. The number of anilines is 1. The second kappa shape index (κ2) is 9.32. The Kier molecular flexibility index (Phi) is 6.84. The van der Waals surface area contributed by atoms with E-state index in [-0.39, 0.29) is 17.8 Å². The van der Waals surface area contributed by atoms with Crippen LogP contribution in [0.2, 0.25) is 0 Å². The van der Waals surface area contributed by atoms with Gasteiger partial charge in [-0.1, -0.05) is 31.4 Å². The number of hydrogen-bond donors (Lipinski definition) is 1. The summed E-state index contributed by atoms with van der Waals surface area (Å²) in [5.74, 6) is -0.459. The molecular formula is C19H22BrN3O3S. The number of aromatic nitrogens is 1. The highest BCUT2D eigenvalue weighted by atomic mass is 79.9. The number of methoxy groups -OCH3 is 1. The van der Waals surface area contributed by atoms with Crippen LogP contribution in [-0.4, -0.2) is 35.0 Å². The molecule has 1 saturated carbocycles. The van der Waals surface area contributed by atoms with Gasteiger partial charge in [-0.05, 0) is 40.9 Å². The summed E-state index contributed by atoms with van der Waals surface area (Å²) in [7, 11) is 1.33. The van der Waals surface area contributed by atoms with Crippen LogP contribution in [0, 0.1) is 0 Å². The Balaban J connectivity index is 1.78. The maximum absolute atomic E-state index is 13.0. The molecule has 1 heterocycles. The zero-order chi connectivity index (χ0) is 19.2. The fourth-order valence-corrected chi connectivity index (χ4v) is 4.38. The third-order valence-electron chi connectivity index (χ3n) is 4.64. The van der Waals surface area contributed by atoms with Crippen molar-refractivity contribution in [3.63, 3.8) is 0 Å². The molecular weight excluding hydrogens is 430 g/mol. The Morgan fingerprint density at radius 1 is 1.30 bits per heavy atom. The molecule has 144 valence electrons. The van der Waals surface area contributed by atoms with Crippen LogP contribution in [0.1, 0.15) is 47.6 Å². The number of para-hydroxylation sites is 1. The number of hydrogen-bond acceptors (Lipinski definition) is 5. The molecule has 3 rings (SSSR count). The molecule has 27 heavy (non-hydrogen) atoms. The number of carbonyl (C=O) groups excluding carboxylic acids is 2. The zero-order valence-electron chi connectivity index (χ0n) is 15.1. The lowest BCUT2D eigenvalue weighted by atomic mass is 9.94. The topological polar surface area (TPSA) is 71.5 Å². The van der Waals surface area contributed by atoms with Crippen molar-refractivity contribution in [3.8, 4) is 0 Å². The normalized spacial score (nSPS) is 14.6. The van der Waals surface area contributed by atoms with Gasteiger partial charge in [0.2, 0.25) is 0 Å². The van der Waals surface area contributed by atoms with E-state index in [1.807, 2.05) is 29.2 Å². The van der Waals surface area contributed by atoms with E-state index in [1.165, 1.54) is 24.9 Å². The van der Waals surface area contributed by atoms with Gasteiger partial charge in [-0.25, -0.2) is 14.6 Å². The Morgan fingerprint density at radius 2 is 2.04 bits per heavy atom. The summed E-state index contributed by atoms with van der Waals surface area (Å²) in [4.78, 5) is 30.9. The quantitative estimate of drug-likeness (QED) is 0.644. The number of carbonyl (C=O) groups is 2. The molecule has 1 fully saturated rings. The van der Waals surface area contributed by atoms with Crippen molar-refractivity contribution in [1.82, 2.24) is 9.88 Å². The van der Waals surface area contributed by atoms with Crippen LogP contribution in [0.3, 0.4) is 0 Å². The minimum absolute atomic E-state index is 0.149. The minimum Gasteiger partial charge on any atom is -0.464 e. The van der Waals surface area contributed by atoms with E-state index in [1.54, 1.807) is 5.38 Å². The number of nitrogens with one attached hydrogen (secondary N) is 1. The average molecular weight is 452 g/mol. The van der Waals surface area contributed by atoms with Crippen molar-refractivity contribution in [2.24, 2.45) is 0 Å². The van der Waals surface area contributed by atoms with Gasteiger partial charge in [-0.2, -0.15) is 0 Å². The fourth-order valence-electron chi connectivity index (χ4n) is 3.24. The molecule has 1 N–H and O–H groups in total. The smallest absolute Gasteiger partial charge is 0.357 e. The van der Waals surface area contributed by atoms with Gasteiger partial charge in [0, 0.05) is 15.9 Å². The summed E-state index contributed by atoms with van der Waals surface area (Å²) in [6.45, 7) is 0.378. The second-order valence-corrected chi connectivity index (χ2v) is 8.24. The first-order valence-corrected chi connectivity index (χ1v) is 10.6. The third kappa shape index (κ3) is 5.07. The Bertz CT molecular complexity index is 805. The molecule has 0 aliphatic heterocycles. The van der Waals surface area contributed by atoms with E-state index in [4.69, 9.17) is 4.74 Å². The van der Waals surface area contributed by atoms with Crippen LogP contribution >= 0.6 is 27.3 Å². The van der Waals surface area contributed by atoms with Crippen LogP contribution in [-0.2, 0) is 11.3 Å². The van der Waals surface area contributed by atoms with Crippen molar-refractivity contribution in [3.05, 3.63) is 44.8 Å². The molecule has 0 spiro atoms. The molecule has 0 bridgehead atoms. The standard InChI is InChI=1S/C19H22BrN3O3S/c1-26-18(24)16-12-27-17(21-16)11-23(13-7-3-2-4-8-13)19(25)22-15-10-6-5-9-14(15)20/h5-6,9-10,12-13H,2-4,7-8,11H2,1H3,(H,22,25). The molecule has 2 amide bonds. The highest BCUT2D eigenvalue weighted by Gasteiger charge is 2.27. The summed E-state index contributed by atoms with van der Waals surface area (Å²) in [6.07, 6.45) is 5.42. The highest BCUT2D eigenvalue weighted by Crippen LogP contribution is 2.27. The number of nitrogens with zero attached hydrogens (tertiary/aromatic N) is 2. The van der Waals surface area contributed by atoms with Gasteiger partial charge < -0.3 is 15.0 Å². The number of urea groups is 1. The molecule has 0 unspecified atom stereocenters. The number of benzene rings is 1. The molecule has 1 aromatic carbocycles. The largest absolute Gasteiger partial charge is 0.464 e. The van der Waals surface area contributed by atoms with Crippen LogP contribution in [0.4, 0.5) is 10.5 Å². The summed E-state index contributed by atoms with van der Waals surface area (Å²) in [5, 5.41) is 5.39. The first-order chi connectivity index (χ1) is 13.1. The second-order valence-electron chi connectivity index (χ2n) is 6.45.